The Hall–Kier alpha value is -0.870. The van der Waals surface area contributed by atoms with Gasteiger partial charge in [-0.1, -0.05) is 20.8 Å². The van der Waals surface area contributed by atoms with Crippen molar-refractivity contribution in [3.05, 3.63) is 18.7 Å². The molecule has 0 aliphatic carbocycles. The van der Waals surface area contributed by atoms with Gasteiger partial charge in [0.1, 0.15) is 0 Å². The van der Waals surface area contributed by atoms with E-state index in [9.17, 15) is 0 Å². The molecule has 1 aliphatic rings. The van der Waals surface area contributed by atoms with Gasteiger partial charge < -0.3 is 14.6 Å². The van der Waals surface area contributed by atoms with Crippen LogP contribution in [0.2, 0.25) is 0 Å². The van der Waals surface area contributed by atoms with Gasteiger partial charge in [-0.05, 0) is 30.7 Å². The Balaban J connectivity index is 1.86. The fourth-order valence-corrected chi connectivity index (χ4v) is 2.51. The lowest BCUT2D eigenvalue weighted by atomic mass is 9.86. The van der Waals surface area contributed by atoms with E-state index in [0.717, 1.165) is 32.2 Å². The molecule has 2 heterocycles. The molecule has 1 N–H and O–H groups in total. The Labute approximate surface area is 116 Å². The van der Waals surface area contributed by atoms with Crippen LogP contribution in [-0.4, -0.2) is 35.4 Å². The summed E-state index contributed by atoms with van der Waals surface area (Å²) in [6.45, 7) is 10.8. The summed E-state index contributed by atoms with van der Waals surface area (Å²) in [6.07, 6.45) is 8.16. The van der Waals surface area contributed by atoms with Crippen molar-refractivity contribution in [1.29, 1.82) is 0 Å². The first kappa shape index (κ1) is 14.5. The minimum atomic E-state index is 0.245. The number of nitrogens with one attached hydrogen (secondary N) is 1. The van der Waals surface area contributed by atoms with E-state index in [0.29, 0.717) is 6.04 Å². The van der Waals surface area contributed by atoms with Crippen molar-refractivity contribution < 1.29 is 4.74 Å². The highest BCUT2D eigenvalue weighted by atomic mass is 16.5. The van der Waals surface area contributed by atoms with Gasteiger partial charge in [0.25, 0.3) is 0 Å². The summed E-state index contributed by atoms with van der Waals surface area (Å²) in [6, 6.07) is 0.463. The molecule has 1 aromatic rings. The maximum absolute atomic E-state index is 5.42. The number of hydrogen-bond donors (Lipinski definition) is 1. The molecule has 0 saturated carbocycles. The molecule has 4 heteroatoms. The van der Waals surface area contributed by atoms with Crippen molar-refractivity contribution >= 4 is 0 Å². The van der Waals surface area contributed by atoms with E-state index in [1.54, 1.807) is 0 Å². The standard InChI is InChI=1S/C15H27N3O/c1-15(2,3)14(11-18-7-6-16-12-18)17-10-13-4-8-19-9-5-13/h6-7,12-14,17H,4-5,8-11H2,1-3H3. The van der Waals surface area contributed by atoms with E-state index in [2.05, 4.69) is 35.6 Å². The van der Waals surface area contributed by atoms with Crippen LogP contribution in [0, 0.1) is 11.3 Å². The lowest BCUT2D eigenvalue weighted by Crippen LogP contribution is -2.45. The average molecular weight is 265 g/mol. The number of hydrogen-bond acceptors (Lipinski definition) is 3. The van der Waals surface area contributed by atoms with Gasteiger partial charge in [-0.3, -0.25) is 0 Å². The summed E-state index contributed by atoms with van der Waals surface area (Å²) < 4.78 is 7.58. The first-order valence-electron chi connectivity index (χ1n) is 7.32. The molecule has 0 amide bonds. The van der Waals surface area contributed by atoms with Crippen molar-refractivity contribution in [2.75, 3.05) is 19.8 Å². The smallest absolute Gasteiger partial charge is 0.0946 e. The number of imidazole rings is 1. The molecule has 1 atom stereocenters. The first-order valence-corrected chi connectivity index (χ1v) is 7.32. The van der Waals surface area contributed by atoms with E-state index < -0.39 is 0 Å². The third-order valence-corrected chi connectivity index (χ3v) is 3.99. The number of ether oxygens (including phenoxy) is 1. The van der Waals surface area contributed by atoms with Crippen LogP contribution in [0.3, 0.4) is 0 Å². The molecule has 108 valence electrons. The quantitative estimate of drug-likeness (QED) is 0.888. The molecular formula is C15H27N3O. The maximum Gasteiger partial charge on any atom is 0.0946 e. The van der Waals surface area contributed by atoms with E-state index >= 15 is 0 Å². The minimum absolute atomic E-state index is 0.245. The Morgan fingerprint density at radius 3 is 2.68 bits per heavy atom. The van der Waals surface area contributed by atoms with Gasteiger partial charge in [0.2, 0.25) is 0 Å². The van der Waals surface area contributed by atoms with Crippen molar-refractivity contribution in [3.8, 4) is 0 Å². The molecule has 1 aromatic heterocycles. The first-order chi connectivity index (χ1) is 9.05. The second kappa shape index (κ2) is 6.53. The lowest BCUT2D eigenvalue weighted by Gasteiger charge is -2.34. The van der Waals surface area contributed by atoms with Crippen molar-refractivity contribution in [3.63, 3.8) is 0 Å². The normalized spacial score (nSPS) is 19.5. The van der Waals surface area contributed by atoms with Crippen molar-refractivity contribution in [2.45, 2.75) is 46.2 Å². The molecule has 2 rings (SSSR count). The predicted octanol–water partition coefficient (Wildman–Crippen LogP) is 2.31. The van der Waals surface area contributed by atoms with Gasteiger partial charge >= 0.3 is 0 Å². The third-order valence-electron chi connectivity index (χ3n) is 3.99. The Morgan fingerprint density at radius 2 is 2.11 bits per heavy atom. The van der Waals surface area contributed by atoms with Gasteiger partial charge in [0.05, 0.1) is 6.33 Å². The van der Waals surface area contributed by atoms with Crippen LogP contribution in [0.15, 0.2) is 18.7 Å². The Morgan fingerprint density at radius 1 is 1.37 bits per heavy atom. The van der Waals surface area contributed by atoms with Crippen LogP contribution < -0.4 is 5.32 Å². The summed E-state index contributed by atoms with van der Waals surface area (Å²) in [7, 11) is 0. The third kappa shape index (κ3) is 4.62. The molecule has 0 spiro atoms. The van der Waals surface area contributed by atoms with Crippen molar-refractivity contribution in [2.24, 2.45) is 11.3 Å². The molecule has 1 unspecified atom stereocenters. The van der Waals surface area contributed by atoms with Gasteiger partial charge in [-0.2, -0.15) is 0 Å². The summed E-state index contributed by atoms with van der Waals surface area (Å²) >= 11 is 0. The minimum Gasteiger partial charge on any atom is -0.381 e. The molecule has 19 heavy (non-hydrogen) atoms. The second-order valence-electron chi connectivity index (χ2n) is 6.64. The van der Waals surface area contributed by atoms with E-state index in [1.165, 1.54) is 12.8 Å². The lowest BCUT2D eigenvalue weighted by molar-refractivity contribution is 0.0633. The molecule has 4 nitrogen and oxygen atoms in total. The zero-order valence-electron chi connectivity index (χ0n) is 12.4. The summed E-state index contributed by atoms with van der Waals surface area (Å²) in [4.78, 5) is 4.13. The van der Waals surface area contributed by atoms with Crippen LogP contribution in [0.5, 0.6) is 0 Å². The van der Waals surface area contributed by atoms with Gasteiger partial charge in [-0.25, -0.2) is 4.98 Å². The fraction of sp³-hybridized carbons (Fsp3) is 0.800. The average Bonchev–Trinajstić information content (AvgIpc) is 2.87. The molecule has 1 aliphatic heterocycles. The second-order valence-corrected chi connectivity index (χ2v) is 6.64. The van der Waals surface area contributed by atoms with E-state index in [4.69, 9.17) is 4.74 Å². The van der Waals surface area contributed by atoms with Crippen LogP contribution in [0.25, 0.3) is 0 Å². The topological polar surface area (TPSA) is 39.1 Å². The van der Waals surface area contributed by atoms with Crippen LogP contribution in [0.4, 0.5) is 0 Å². The number of nitrogens with zero attached hydrogens (tertiary/aromatic N) is 2. The Kier molecular flexibility index (Phi) is 4.99. The van der Waals surface area contributed by atoms with Crippen LogP contribution in [0.1, 0.15) is 33.6 Å². The van der Waals surface area contributed by atoms with Gasteiger partial charge in [0.15, 0.2) is 0 Å². The van der Waals surface area contributed by atoms with Crippen LogP contribution in [-0.2, 0) is 11.3 Å². The largest absolute Gasteiger partial charge is 0.381 e. The zero-order valence-corrected chi connectivity index (χ0v) is 12.4. The highest BCUT2D eigenvalue weighted by molar-refractivity contribution is 4.85. The molecule has 1 saturated heterocycles. The highest BCUT2D eigenvalue weighted by Crippen LogP contribution is 2.22. The predicted molar refractivity (Wildman–Crippen MR) is 77.0 cm³/mol. The summed E-state index contributed by atoms with van der Waals surface area (Å²) in [5.41, 5.74) is 0.245. The number of rotatable bonds is 5. The Bertz CT molecular complexity index is 350. The molecule has 0 bridgehead atoms. The fourth-order valence-electron chi connectivity index (χ4n) is 2.51. The molecule has 1 fully saturated rings. The zero-order chi connectivity index (χ0) is 13.7. The monoisotopic (exact) mass is 265 g/mol. The summed E-state index contributed by atoms with van der Waals surface area (Å²) in [5, 5.41) is 3.76. The highest BCUT2D eigenvalue weighted by Gasteiger charge is 2.25. The van der Waals surface area contributed by atoms with Gasteiger partial charge in [0, 0.05) is 38.2 Å². The summed E-state index contributed by atoms with van der Waals surface area (Å²) in [5.74, 6) is 0.765. The van der Waals surface area contributed by atoms with Gasteiger partial charge in [-0.15, -0.1) is 0 Å². The number of aromatic nitrogens is 2. The van der Waals surface area contributed by atoms with E-state index in [1.807, 2.05) is 18.7 Å². The van der Waals surface area contributed by atoms with Crippen molar-refractivity contribution in [1.82, 2.24) is 14.9 Å². The van der Waals surface area contributed by atoms with Crippen LogP contribution >= 0.6 is 0 Å². The molecular weight excluding hydrogens is 238 g/mol. The molecule has 0 aromatic carbocycles. The van der Waals surface area contributed by atoms with E-state index in [-0.39, 0.29) is 5.41 Å². The maximum atomic E-state index is 5.42. The SMILES string of the molecule is CC(C)(C)C(Cn1ccnc1)NCC1CCOCC1. The molecule has 0 radical (unpaired) electrons.